The van der Waals surface area contributed by atoms with Crippen LogP contribution >= 0.6 is 0 Å². The van der Waals surface area contributed by atoms with Crippen molar-refractivity contribution < 1.29 is 4.79 Å². The molecule has 108 valence electrons. The summed E-state index contributed by atoms with van der Waals surface area (Å²) in [6.45, 7) is 5.64. The lowest BCUT2D eigenvalue weighted by Gasteiger charge is -2.31. The molecule has 1 unspecified atom stereocenters. The van der Waals surface area contributed by atoms with Crippen LogP contribution in [0, 0.1) is 0 Å². The Labute approximate surface area is 112 Å². The summed E-state index contributed by atoms with van der Waals surface area (Å²) in [5, 5.41) is 0. The van der Waals surface area contributed by atoms with Crippen LogP contribution in [0.2, 0.25) is 0 Å². The van der Waals surface area contributed by atoms with Gasteiger partial charge in [-0.1, -0.05) is 6.92 Å². The first-order valence-corrected chi connectivity index (χ1v) is 6.71. The molecule has 0 aromatic heterocycles. The van der Waals surface area contributed by atoms with Gasteiger partial charge in [0.05, 0.1) is 0 Å². The van der Waals surface area contributed by atoms with Gasteiger partial charge >= 0.3 is 0 Å². The van der Waals surface area contributed by atoms with Crippen LogP contribution in [0.4, 0.5) is 0 Å². The van der Waals surface area contributed by atoms with Crippen molar-refractivity contribution >= 4 is 5.91 Å². The summed E-state index contributed by atoms with van der Waals surface area (Å²) in [6.07, 6.45) is 1.59. The Hall–Kier alpha value is -0.650. The first-order valence-electron chi connectivity index (χ1n) is 6.71. The van der Waals surface area contributed by atoms with Gasteiger partial charge < -0.3 is 15.5 Å². The Morgan fingerprint density at radius 2 is 1.72 bits per heavy atom. The van der Waals surface area contributed by atoms with Gasteiger partial charge in [0.1, 0.15) is 0 Å². The maximum absolute atomic E-state index is 11.8. The fourth-order valence-electron chi connectivity index (χ4n) is 1.84. The van der Waals surface area contributed by atoms with E-state index in [-0.39, 0.29) is 11.9 Å². The molecular weight excluding hydrogens is 228 g/mol. The standard InChI is InChI=1S/C13H30N4O/c1-6-7-17(9-8-15(2)3)12(11-14)10-13(18)16(4)5/h12H,6-11,14H2,1-5H3. The van der Waals surface area contributed by atoms with Crippen molar-refractivity contribution in [2.24, 2.45) is 5.73 Å². The largest absolute Gasteiger partial charge is 0.349 e. The van der Waals surface area contributed by atoms with Crippen LogP contribution < -0.4 is 5.73 Å². The predicted octanol–water partition coefficient (Wildman–Crippen LogP) is 0.0656. The van der Waals surface area contributed by atoms with Crippen LogP contribution in [0.5, 0.6) is 0 Å². The molecule has 0 bridgehead atoms. The van der Waals surface area contributed by atoms with E-state index in [1.807, 2.05) is 0 Å². The smallest absolute Gasteiger partial charge is 0.223 e. The molecule has 1 atom stereocenters. The number of rotatable bonds is 9. The normalized spacial score (nSPS) is 13.1. The number of amides is 1. The van der Waals surface area contributed by atoms with Gasteiger partial charge in [0, 0.05) is 46.2 Å². The molecule has 0 heterocycles. The number of carbonyl (C=O) groups excluding carboxylic acids is 1. The van der Waals surface area contributed by atoms with Crippen LogP contribution in [-0.2, 0) is 4.79 Å². The number of nitrogens with zero attached hydrogens (tertiary/aromatic N) is 3. The quantitative estimate of drug-likeness (QED) is 0.636. The van der Waals surface area contributed by atoms with Crippen molar-refractivity contribution in [2.45, 2.75) is 25.8 Å². The Kier molecular flexibility index (Phi) is 8.97. The molecule has 2 N–H and O–H groups in total. The van der Waals surface area contributed by atoms with Crippen LogP contribution in [0.3, 0.4) is 0 Å². The Morgan fingerprint density at radius 1 is 1.11 bits per heavy atom. The van der Waals surface area contributed by atoms with Gasteiger partial charge in [-0.3, -0.25) is 9.69 Å². The third kappa shape index (κ3) is 6.93. The highest BCUT2D eigenvalue weighted by molar-refractivity contribution is 5.76. The monoisotopic (exact) mass is 258 g/mol. The highest BCUT2D eigenvalue weighted by Gasteiger charge is 2.20. The molecule has 5 heteroatoms. The van der Waals surface area contributed by atoms with Gasteiger partial charge in [0.25, 0.3) is 0 Å². The maximum atomic E-state index is 11.8. The molecule has 18 heavy (non-hydrogen) atoms. The Balaban J connectivity index is 4.45. The molecule has 0 aliphatic carbocycles. The number of nitrogens with two attached hydrogens (primary N) is 1. The van der Waals surface area contributed by atoms with E-state index in [0.717, 1.165) is 26.1 Å². The van der Waals surface area contributed by atoms with Crippen LogP contribution in [0.15, 0.2) is 0 Å². The highest BCUT2D eigenvalue weighted by Crippen LogP contribution is 2.06. The lowest BCUT2D eigenvalue weighted by molar-refractivity contribution is -0.130. The molecule has 1 amide bonds. The molecule has 0 rings (SSSR count). The number of carbonyl (C=O) groups is 1. The number of hydrogen-bond donors (Lipinski definition) is 1. The van der Waals surface area contributed by atoms with Gasteiger partial charge in [0.15, 0.2) is 0 Å². The topological polar surface area (TPSA) is 52.8 Å². The van der Waals surface area contributed by atoms with E-state index in [9.17, 15) is 4.79 Å². The highest BCUT2D eigenvalue weighted by atomic mass is 16.2. The van der Waals surface area contributed by atoms with E-state index in [0.29, 0.717) is 13.0 Å². The SMILES string of the molecule is CCCN(CCN(C)C)C(CN)CC(=O)N(C)C. The third-order valence-electron chi connectivity index (χ3n) is 3.04. The molecule has 0 aromatic carbocycles. The Morgan fingerprint density at radius 3 is 2.11 bits per heavy atom. The molecule has 5 nitrogen and oxygen atoms in total. The first kappa shape index (κ1) is 17.4. The molecule has 0 spiro atoms. The van der Waals surface area contributed by atoms with Crippen molar-refractivity contribution in [1.29, 1.82) is 0 Å². The maximum Gasteiger partial charge on any atom is 0.223 e. The zero-order valence-electron chi connectivity index (χ0n) is 12.6. The minimum absolute atomic E-state index is 0.149. The van der Waals surface area contributed by atoms with E-state index in [2.05, 4.69) is 30.8 Å². The van der Waals surface area contributed by atoms with Gasteiger partial charge in [0.2, 0.25) is 5.91 Å². The zero-order chi connectivity index (χ0) is 14.1. The van der Waals surface area contributed by atoms with Crippen LogP contribution in [0.1, 0.15) is 19.8 Å². The fourth-order valence-corrected chi connectivity index (χ4v) is 1.84. The minimum Gasteiger partial charge on any atom is -0.349 e. The van der Waals surface area contributed by atoms with Crippen molar-refractivity contribution in [3.05, 3.63) is 0 Å². The van der Waals surface area contributed by atoms with Gasteiger partial charge in [-0.05, 0) is 27.1 Å². The summed E-state index contributed by atoms with van der Waals surface area (Å²) in [5.41, 5.74) is 5.83. The molecular formula is C13H30N4O. The summed E-state index contributed by atoms with van der Waals surface area (Å²) in [6, 6.07) is 0.153. The van der Waals surface area contributed by atoms with Crippen molar-refractivity contribution in [2.75, 3.05) is 54.4 Å². The predicted molar refractivity (Wildman–Crippen MR) is 76.6 cm³/mol. The summed E-state index contributed by atoms with van der Waals surface area (Å²) < 4.78 is 0. The summed E-state index contributed by atoms with van der Waals surface area (Å²) in [4.78, 5) is 17.9. The number of likely N-dealkylation sites (N-methyl/N-ethyl adjacent to an activating group) is 1. The van der Waals surface area contributed by atoms with Gasteiger partial charge in [-0.2, -0.15) is 0 Å². The second-order valence-corrected chi connectivity index (χ2v) is 5.22. The van der Waals surface area contributed by atoms with Gasteiger partial charge in [-0.15, -0.1) is 0 Å². The van der Waals surface area contributed by atoms with Crippen molar-refractivity contribution in [1.82, 2.24) is 14.7 Å². The average Bonchev–Trinajstić information content (AvgIpc) is 2.31. The molecule has 0 fully saturated rings. The lowest BCUT2D eigenvalue weighted by Crippen LogP contribution is -2.46. The van der Waals surface area contributed by atoms with Crippen LogP contribution in [0.25, 0.3) is 0 Å². The van der Waals surface area contributed by atoms with Crippen LogP contribution in [-0.4, -0.2) is 81.0 Å². The van der Waals surface area contributed by atoms with Gasteiger partial charge in [-0.25, -0.2) is 0 Å². The Bertz CT molecular complexity index is 231. The summed E-state index contributed by atoms with van der Waals surface area (Å²) >= 11 is 0. The summed E-state index contributed by atoms with van der Waals surface area (Å²) in [7, 11) is 7.71. The molecule has 0 radical (unpaired) electrons. The fraction of sp³-hybridized carbons (Fsp3) is 0.923. The molecule has 0 saturated carbocycles. The average molecular weight is 258 g/mol. The van der Waals surface area contributed by atoms with E-state index in [1.54, 1.807) is 19.0 Å². The van der Waals surface area contributed by atoms with E-state index in [1.165, 1.54) is 0 Å². The first-order chi connectivity index (χ1) is 8.42. The molecule has 0 saturated heterocycles. The second-order valence-electron chi connectivity index (χ2n) is 5.22. The minimum atomic E-state index is 0.149. The summed E-state index contributed by atoms with van der Waals surface area (Å²) in [5.74, 6) is 0.149. The molecule has 0 aromatic rings. The lowest BCUT2D eigenvalue weighted by atomic mass is 10.1. The van der Waals surface area contributed by atoms with E-state index >= 15 is 0 Å². The zero-order valence-corrected chi connectivity index (χ0v) is 12.6. The van der Waals surface area contributed by atoms with E-state index in [4.69, 9.17) is 5.73 Å². The molecule has 0 aliphatic rings. The third-order valence-corrected chi connectivity index (χ3v) is 3.04. The second kappa shape index (κ2) is 9.30. The van der Waals surface area contributed by atoms with Crippen molar-refractivity contribution in [3.8, 4) is 0 Å². The molecule has 0 aliphatic heterocycles. The number of hydrogen-bond acceptors (Lipinski definition) is 4. The van der Waals surface area contributed by atoms with Crippen molar-refractivity contribution in [3.63, 3.8) is 0 Å². The van der Waals surface area contributed by atoms with E-state index < -0.39 is 0 Å².